The molecule has 1 N–H and O–H groups in total. The molecular formula is C16H34O. The summed E-state index contributed by atoms with van der Waals surface area (Å²) in [5.41, 5.74) is 0. The Morgan fingerprint density at radius 3 is 1.24 bits per heavy atom. The quantitative estimate of drug-likeness (QED) is 0.680. The van der Waals surface area contributed by atoms with Crippen LogP contribution in [0.25, 0.3) is 0 Å². The lowest BCUT2D eigenvalue weighted by Gasteiger charge is -2.15. The van der Waals surface area contributed by atoms with E-state index in [1.54, 1.807) is 0 Å². The fourth-order valence-electron chi connectivity index (χ4n) is 1.20. The fraction of sp³-hybridized carbons (Fsp3) is 0.875. The van der Waals surface area contributed by atoms with Crippen molar-refractivity contribution in [3.63, 3.8) is 0 Å². The fourth-order valence-corrected chi connectivity index (χ4v) is 1.20. The summed E-state index contributed by atoms with van der Waals surface area (Å²) in [6.07, 6.45) is 5.30. The van der Waals surface area contributed by atoms with E-state index >= 15 is 0 Å². The second-order valence-corrected chi connectivity index (χ2v) is 6.31. The topological polar surface area (TPSA) is 20.2 Å². The van der Waals surface area contributed by atoms with Crippen LogP contribution < -0.4 is 0 Å². The predicted octanol–water partition coefficient (Wildman–Crippen LogP) is 4.90. The molecule has 0 radical (unpaired) electrons. The van der Waals surface area contributed by atoms with Gasteiger partial charge in [-0.3, -0.25) is 0 Å². The van der Waals surface area contributed by atoms with Crippen LogP contribution in [-0.2, 0) is 0 Å². The van der Waals surface area contributed by atoms with Crippen LogP contribution in [0.2, 0.25) is 0 Å². The zero-order chi connectivity index (χ0) is 14.0. The first-order valence-corrected chi connectivity index (χ1v) is 7.03. The molecule has 0 heterocycles. The van der Waals surface area contributed by atoms with Gasteiger partial charge in [0.2, 0.25) is 0 Å². The molecule has 0 aliphatic rings. The number of aliphatic hydroxyl groups is 1. The average Bonchev–Trinajstić information content (AvgIpc) is 2.14. The van der Waals surface area contributed by atoms with E-state index in [0.717, 1.165) is 6.42 Å². The Labute approximate surface area is 109 Å². The van der Waals surface area contributed by atoms with Crippen LogP contribution >= 0.6 is 0 Å². The van der Waals surface area contributed by atoms with Crippen LogP contribution in [-0.4, -0.2) is 11.2 Å². The van der Waals surface area contributed by atoms with Gasteiger partial charge in [0.25, 0.3) is 0 Å². The Balaban J connectivity index is 0. The molecule has 0 amide bonds. The van der Waals surface area contributed by atoms with Crippen LogP contribution in [0.15, 0.2) is 12.2 Å². The summed E-state index contributed by atoms with van der Waals surface area (Å²) in [4.78, 5) is 0. The summed E-state index contributed by atoms with van der Waals surface area (Å²) in [6, 6.07) is 0. The molecule has 1 heteroatoms. The third-order valence-electron chi connectivity index (χ3n) is 2.36. The highest BCUT2D eigenvalue weighted by Crippen LogP contribution is 2.11. The maximum absolute atomic E-state index is 9.30. The molecule has 104 valence electrons. The van der Waals surface area contributed by atoms with E-state index in [1.165, 1.54) is 0 Å². The minimum Gasteiger partial charge on any atom is -0.393 e. The largest absolute Gasteiger partial charge is 0.393 e. The van der Waals surface area contributed by atoms with Crippen molar-refractivity contribution in [2.24, 2.45) is 23.7 Å². The van der Waals surface area contributed by atoms with Crippen molar-refractivity contribution >= 4 is 0 Å². The van der Waals surface area contributed by atoms with Gasteiger partial charge in [0.1, 0.15) is 0 Å². The van der Waals surface area contributed by atoms with Crippen molar-refractivity contribution in [3.8, 4) is 0 Å². The highest BCUT2D eigenvalue weighted by molar-refractivity contribution is 4.86. The molecule has 1 atom stereocenters. The van der Waals surface area contributed by atoms with Gasteiger partial charge in [-0.25, -0.2) is 0 Å². The molecule has 0 bridgehead atoms. The summed E-state index contributed by atoms with van der Waals surface area (Å²) in [7, 11) is 0. The van der Waals surface area contributed by atoms with Crippen molar-refractivity contribution in [2.45, 2.75) is 67.9 Å². The molecule has 0 aliphatic heterocycles. The minimum absolute atomic E-state index is 0.106. The Kier molecular flexibility index (Phi) is 12.1. The van der Waals surface area contributed by atoms with Gasteiger partial charge in [-0.1, -0.05) is 67.5 Å². The van der Waals surface area contributed by atoms with Crippen LogP contribution in [0.4, 0.5) is 0 Å². The van der Waals surface area contributed by atoms with Gasteiger partial charge in [-0.2, -0.15) is 0 Å². The summed E-state index contributed by atoms with van der Waals surface area (Å²) >= 11 is 0. The van der Waals surface area contributed by atoms with Crippen molar-refractivity contribution in [2.75, 3.05) is 0 Å². The molecule has 0 aromatic carbocycles. The normalized spacial score (nSPS) is 13.7. The van der Waals surface area contributed by atoms with E-state index in [-0.39, 0.29) is 6.10 Å². The van der Waals surface area contributed by atoms with Gasteiger partial charge in [0.05, 0.1) is 6.10 Å². The van der Waals surface area contributed by atoms with Crippen LogP contribution in [0.3, 0.4) is 0 Å². The SMILES string of the molecule is CC(C)/C=C/C(C)C.CC(C)CC(O)C(C)C. The van der Waals surface area contributed by atoms with Gasteiger partial charge < -0.3 is 5.11 Å². The molecule has 0 spiro atoms. The number of aliphatic hydroxyl groups excluding tert-OH is 1. The lowest BCUT2D eigenvalue weighted by atomic mass is 9.98. The molecule has 0 aliphatic carbocycles. The van der Waals surface area contributed by atoms with Crippen molar-refractivity contribution in [1.29, 1.82) is 0 Å². The third kappa shape index (κ3) is 18.3. The highest BCUT2D eigenvalue weighted by Gasteiger charge is 2.09. The molecule has 0 aromatic heterocycles. The second-order valence-electron chi connectivity index (χ2n) is 6.31. The van der Waals surface area contributed by atoms with E-state index in [2.05, 4.69) is 53.7 Å². The van der Waals surface area contributed by atoms with Crippen LogP contribution in [0.5, 0.6) is 0 Å². The minimum atomic E-state index is -0.106. The van der Waals surface area contributed by atoms with Gasteiger partial charge in [-0.15, -0.1) is 0 Å². The molecule has 1 unspecified atom stereocenters. The third-order valence-corrected chi connectivity index (χ3v) is 2.36. The van der Waals surface area contributed by atoms with Crippen LogP contribution in [0, 0.1) is 23.7 Å². The summed E-state index contributed by atoms with van der Waals surface area (Å²) < 4.78 is 0. The first kappa shape index (κ1) is 19.0. The maximum atomic E-state index is 9.30. The highest BCUT2D eigenvalue weighted by atomic mass is 16.3. The Hall–Kier alpha value is -0.300. The smallest absolute Gasteiger partial charge is 0.0565 e. The molecule has 0 saturated heterocycles. The summed E-state index contributed by atoms with van der Waals surface area (Å²) in [5, 5.41) is 9.30. The molecule has 0 fully saturated rings. The van der Waals surface area contributed by atoms with Crippen molar-refractivity contribution < 1.29 is 5.11 Å². The average molecular weight is 242 g/mol. The first-order valence-electron chi connectivity index (χ1n) is 7.03. The Morgan fingerprint density at radius 2 is 1.12 bits per heavy atom. The number of hydrogen-bond acceptors (Lipinski definition) is 1. The number of rotatable bonds is 5. The van der Waals surface area contributed by atoms with Gasteiger partial charge in [0, 0.05) is 0 Å². The Morgan fingerprint density at radius 1 is 0.765 bits per heavy atom. The molecule has 17 heavy (non-hydrogen) atoms. The standard InChI is InChI=1S/C8H18O.C8H16/c1-6(2)5-8(9)7(3)4;1-7(2)5-6-8(3)4/h6-9H,5H2,1-4H3;5-8H,1-4H3/b;6-5+. The van der Waals surface area contributed by atoms with Crippen molar-refractivity contribution in [3.05, 3.63) is 12.2 Å². The van der Waals surface area contributed by atoms with Gasteiger partial charge >= 0.3 is 0 Å². The second kappa shape index (κ2) is 10.8. The van der Waals surface area contributed by atoms with E-state index in [0.29, 0.717) is 23.7 Å². The molecule has 0 aromatic rings. The van der Waals surface area contributed by atoms with Gasteiger partial charge in [-0.05, 0) is 30.1 Å². The molecule has 1 nitrogen and oxygen atoms in total. The van der Waals surface area contributed by atoms with Gasteiger partial charge in [0.15, 0.2) is 0 Å². The van der Waals surface area contributed by atoms with E-state index in [1.807, 2.05) is 13.8 Å². The molecular weight excluding hydrogens is 208 g/mol. The summed E-state index contributed by atoms with van der Waals surface area (Å²) in [5.74, 6) is 2.43. The summed E-state index contributed by atoms with van der Waals surface area (Å²) in [6.45, 7) is 17.1. The number of hydrogen-bond donors (Lipinski definition) is 1. The monoisotopic (exact) mass is 242 g/mol. The predicted molar refractivity (Wildman–Crippen MR) is 79.1 cm³/mol. The maximum Gasteiger partial charge on any atom is 0.0565 e. The van der Waals surface area contributed by atoms with Crippen molar-refractivity contribution in [1.82, 2.24) is 0 Å². The Bertz CT molecular complexity index is 168. The van der Waals surface area contributed by atoms with E-state index in [4.69, 9.17) is 0 Å². The van der Waals surface area contributed by atoms with E-state index in [9.17, 15) is 5.11 Å². The number of allylic oxidation sites excluding steroid dienone is 2. The lowest BCUT2D eigenvalue weighted by Crippen LogP contribution is -2.16. The van der Waals surface area contributed by atoms with Crippen LogP contribution in [0.1, 0.15) is 61.8 Å². The first-order chi connectivity index (χ1) is 7.66. The van der Waals surface area contributed by atoms with E-state index < -0.39 is 0 Å². The zero-order valence-corrected chi connectivity index (χ0v) is 13.2. The lowest BCUT2D eigenvalue weighted by molar-refractivity contribution is 0.103. The molecule has 0 rings (SSSR count). The molecule has 0 saturated carbocycles. The zero-order valence-electron chi connectivity index (χ0n) is 13.2.